The van der Waals surface area contributed by atoms with E-state index in [0.717, 1.165) is 11.1 Å². The highest BCUT2D eigenvalue weighted by molar-refractivity contribution is 6.08. The third kappa shape index (κ3) is 5.29. The molecular weight excluding hydrogens is 368 g/mol. The fourth-order valence-electron chi connectivity index (χ4n) is 2.83. The Balaban J connectivity index is 1.65. The van der Waals surface area contributed by atoms with E-state index in [4.69, 9.17) is 0 Å². The molecule has 0 aliphatic rings. The third-order valence-corrected chi connectivity index (χ3v) is 4.29. The van der Waals surface area contributed by atoms with Crippen LogP contribution in [-0.4, -0.2) is 22.9 Å². The monoisotopic (exact) mass is 388 g/mol. The number of anilines is 2. The van der Waals surface area contributed by atoms with Crippen molar-refractivity contribution in [1.29, 1.82) is 0 Å². The maximum atomic E-state index is 12.5. The van der Waals surface area contributed by atoms with Crippen molar-refractivity contribution in [2.75, 3.05) is 10.6 Å². The number of nitrogens with one attached hydrogen (secondary N) is 2. The molecule has 6 heteroatoms. The van der Waals surface area contributed by atoms with Gasteiger partial charge in [0.25, 0.3) is 5.91 Å². The van der Waals surface area contributed by atoms with Crippen LogP contribution in [0.2, 0.25) is 0 Å². The zero-order chi connectivity index (χ0) is 20.8. The largest absolute Gasteiger partial charge is 0.478 e. The molecular formula is C23H20N2O4. The zero-order valence-electron chi connectivity index (χ0n) is 15.8. The second-order valence-corrected chi connectivity index (χ2v) is 6.60. The molecule has 0 unspecified atom stereocenters. The molecule has 0 aromatic heterocycles. The molecule has 29 heavy (non-hydrogen) atoms. The van der Waals surface area contributed by atoms with E-state index in [1.807, 2.05) is 30.3 Å². The molecule has 3 N–H and O–H groups in total. The van der Waals surface area contributed by atoms with Crippen LogP contribution < -0.4 is 10.6 Å². The molecule has 0 atom stereocenters. The van der Waals surface area contributed by atoms with Gasteiger partial charge in [0.15, 0.2) is 0 Å². The molecule has 3 aromatic rings. The van der Waals surface area contributed by atoms with Gasteiger partial charge in [0.05, 0.1) is 17.7 Å². The first-order chi connectivity index (χ1) is 13.9. The lowest BCUT2D eigenvalue weighted by molar-refractivity contribution is -0.115. The van der Waals surface area contributed by atoms with Crippen molar-refractivity contribution in [3.05, 3.63) is 95.1 Å². The summed E-state index contributed by atoms with van der Waals surface area (Å²) in [5.74, 6) is -1.70. The summed E-state index contributed by atoms with van der Waals surface area (Å²) >= 11 is 0. The number of carbonyl (C=O) groups is 3. The Morgan fingerprint density at radius 2 is 1.55 bits per heavy atom. The summed E-state index contributed by atoms with van der Waals surface area (Å²) in [4.78, 5) is 36.0. The van der Waals surface area contributed by atoms with Crippen LogP contribution in [0.5, 0.6) is 0 Å². The average Bonchev–Trinajstić information content (AvgIpc) is 2.70. The van der Waals surface area contributed by atoms with Gasteiger partial charge in [-0.1, -0.05) is 42.0 Å². The van der Waals surface area contributed by atoms with Crippen molar-refractivity contribution in [2.24, 2.45) is 0 Å². The lowest BCUT2D eigenvalue weighted by atomic mass is 10.1. The average molecular weight is 388 g/mol. The van der Waals surface area contributed by atoms with Crippen molar-refractivity contribution in [2.45, 2.75) is 13.3 Å². The van der Waals surface area contributed by atoms with Gasteiger partial charge in [-0.15, -0.1) is 0 Å². The molecule has 0 radical (unpaired) electrons. The molecule has 0 heterocycles. The number of hydrogen-bond donors (Lipinski definition) is 3. The van der Waals surface area contributed by atoms with Gasteiger partial charge in [-0.3, -0.25) is 9.59 Å². The molecule has 6 nitrogen and oxygen atoms in total. The van der Waals surface area contributed by atoms with E-state index < -0.39 is 11.9 Å². The minimum Gasteiger partial charge on any atom is -0.478 e. The Morgan fingerprint density at radius 3 is 2.21 bits per heavy atom. The van der Waals surface area contributed by atoms with Gasteiger partial charge in [-0.05, 0) is 48.9 Å². The van der Waals surface area contributed by atoms with Crippen LogP contribution in [-0.2, 0) is 11.2 Å². The lowest BCUT2D eigenvalue weighted by Gasteiger charge is -2.10. The number of amides is 2. The molecule has 3 rings (SSSR count). The van der Waals surface area contributed by atoms with E-state index >= 15 is 0 Å². The maximum absolute atomic E-state index is 12.5. The van der Waals surface area contributed by atoms with Crippen molar-refractivity contribution >= 4 is 29.2 Å². The topological polar surface area (TPSA) is 95.5 Å². The quantitative estimate of drug-likeness (QED) is 0.592. The maximum Gasteiger partial charge on any atom is 0.337 e. The number of carboxylic acids is 1. The molecule has 3 aromatic carbocycles. The van der Waals surface area contributed by atoms with Crippen molar-refractivity contribution < 1.29 is 19.5 Å². The highest BCUT2D eigenvalue weighted by atomic mass is 16.4. The molecule has 146 valence electrons. The number of carboxylic acid groups (broad SMARTS) is 1. The van der Waals surface area contributed by atoms with E-state index in [-0.39, 0.29) is 23.6 Å². The number of carbonyl (C=O) groups excluding carboxylic acids is 2. The fourth-order valence-corrected chi connectivity index (χ4v) is 2.83. The minimum absolute atomic E-state index is 0.0307. The Labute approximate surface area is 168 Å². The highest BCUT2D eigenvalue weighted by Gasteiger charge is 2.14. The summed E-state index contributed by atoms with van der Waals surface area (Å²) in [5.41, 5.74) is 2.88. The van der Waals surface area contributed by atoms with E-state index in [1.165, 1.54) is 6.07 Å². The first-order valence-electron chi connectivity index (χ1n) is 9.01. The standard InChI is InChI=1S/C23H20N2O4/c1-15-7-12-20(19(13-15)23(28)29)25-22(27)17-8-10-18(11-9-17)24-21(26)14-16-5-3-2-4-6-16/h2-13H,14H2,1H3,(H,24,26)(H,25,27)(H,28,29). The fraction of sp³-hybridized carbons (Fsp3) is 0.0870. The van der Waals surface area contributed by atoms with Gasteiger partial charge >= 0.3 is 5.97 Å². The smallest absolute Gasteiger partial charge is 0.337 e. The lowest BCUT2D eigenvalue weighted by Crippen LogP contribution is -2.16. The summed E-state index contributed by atoms with van der Waals surface area (Å²) in [6.07, 6.45) is 0.258. The van der Waals surface area contributed by atoms with Crippen LogP contribution >= 0.6 is 0 Å². The molecule has 0 aliphatic heterocycles. The van der Waals surface area contributed by atoms with Gasteiger partial charge in [-0.2, -0.15) is 0 Å². The van der Waals surface area contributed by atoms with Crippen LogP contribution in [0.4, 0.5) is 11.4 Å². The molecule has 0 aliphatic carbocycles. The zero-order valence-corrected chi connectivity index (χ0v) is 15.8. The van der Waals surface area contributed by atoms with Gasteiger partial charge in [0.2, 0.25) is 5.91 Å². The second-order valence-electron chi connectivity index (χ2n) is 6.60. The molecule has 2 amide bonds. The van der Waals surface area contributed by atoms with Crippen LogP contribution in [0.1, 0.15) is 31.8 Å². The van der Waals surface area contributed by atoms with Gasteiger partial charge in [-0.25, -0.2) is 4.79 Å². The first kappa shape index (κ1) is 19.8. The molecule has 0 fully saturated rings. The SMILES string of the molecule is Cc1ccc(NC(=O)c2ccc(NC(=O)Cc3ccccc3)cc2)c(C(=O)O)c1. The molecule has 0 bridgehead atoms. The van der Waals surface area contributed by atoms with Gasteiger partial charge < -0.3 is 15.7 Å². The predicted molar refractivity (Wildman–Crippen MR) is 111 cm³/mol. The Bertz CT molecular complexity index is 1040. The van der Waals surface area contributed by atoms with Crippen LogP contribution in [0.3, 0.4) is 0 Å². The predicted octanol–water partition coefficient (Wildman–Crippen LogP) is 4.13. The molecule has 0 saturated carbocycles. The van der Waals surface area contributed by atoms with E-state index in [9.17, 15) is 19.5 Å². The molecule has 0 spiro atoms. The summed E-state index contributed by atoms with van der Waals surface area (Å²) < 4.78 is 0. The number of aromatic carboxylic acids is 1. The number of benzene rings is 3. The van der Waals surface area contributed by atoms with E-state index in [0.29, 0.717) is 11.3 Å². The number of rotatable bonds is 6. The number of aryl methyl sites for hydroxylation is 1. The highest BCUT2D eigenvalue weighted by Crippen LogP contribution is 2.19. The van der Waals surface area contributed by atoms with Crippen LogP contribution in [0, 0.1) is 6.92 Å². The first-order valence-corrected chi connectivity index (χ1v) is 9.01. The van der Waals surface area contributed by atoms with Crippen molar-refractivity contribution in [1.82, 2.24) is 0 Å². The summed E-state index contributed by atoms with van der Waals surface area (Å²) in [6, 6.07) is 20.6. The Kier molecular flexibility index (Phi) is 6.04. The molecule has 0 saturated heterocycles. The van der Waals surface area contributed by atoms with Crippen LogP contribution in [0.25, 0.3) is 0 Å². The summed E-state index contributed by atoms with van der Waals surface area (Å²) in [5, 5.41) is 14.7. The summed E-state index contributed by atoms with van der Waals surface area (Å²) in [6.45, 7) is 1.78. The Hall–Kier alpha value is -3.93. The second kappa shape index (κ2) is 8.84. The third-order valence-electron chi connectivity index (χ3n) is 4.29. The summed E-state index contributed by atoms with van der Waals surface area (Å²) in [7, 11) is 0. The van der Waals surface area contributed by atoms with E-state index in [1.54, 1.807) is 43.3 Å². The van der Waals surface area contributed by atoms with Crippen molar-refractivity contribution in [3.8, 4) is 0 Å². The minimum atomic E-state index is -1.11. The normalized spacial score (nSPS) is 10.2. The Morgan fingerprint density at radius 1 is 0.862 bits per heavy atom. The van der Waals surface area contributed by atoms with Crippen LogP contribution in [0.15, 0.2) is 72.8 Å². The number of hydrogen-bond acceptors (Lipinski definition) is 3. The van der Waals surface area contributed by atoms with Crippen molar-refractivity contribution in [3.63, 3.8) is 0 Å². The van der Waals surface area contributed by atoms with Gasteiger partial charge in [0.1, 0.15) is 0 Å². The van der Waals surface area contributed by atoms with E-state index in [2.05, 4.69) is 10.6 Å². The van der Waals surface area contributed by atoms with Gasteiger partial charge in [0, 0.05) is 11.3 Å².